The van der Waals surface area contributed by atoms with E-state index in [2.05, 4.69) is 11.0 Å². The van der Waals surface area contributed by atoms with Gasteiger partial charge in [0.05, 0.1) is 30.7 Å². The average Bonchev–Trinajstić information content (AvgIpc) is 3.21. The Balaban J connectivity index is 1.93. The second kappa shape index (κ2) is 5.40. The van der Waals surface area contributed by atoms with Gasteiger partial charge in [-0.25, -0.2) is 0 Å². The number of hydrogen-bond donors (Lipinski definition) is 1. The highest BCUT2D eigenvalue weighted by Gasteiger charge is 2.31. The van der Waals surface area contributed by atoms with E-state index in [1.165, 1.54) is 0 Å². The van der Waals surface area contributed by atoms with Crippen molar-refractivity contribution in [3.05, 3.63) is 53.5 Å². The third-order valence-electron chi connectivity index (χ3n) is 3.57. The molecule has 0 radical (unpaired) electrons. The summed E-state index contributed by atoms with van der Waals surface area (Å²) >= 11 is 0. The van der Waals surface area contributed by atoms with Crippen LogP contribution >= 0.6 is 0 Å². The van der Waals surface area contributed by atoms with Gasteiger partial charge < -0.3 is 14.4 Å². The van der Waals surface area contributed by atoms with Crippen LogP contribution in [0.2, 0.25) is 0 Å². The second-order valence-electron chi connectivity index (χ2n) is 5.06. The molecule has 20 heavy (non-hydrogen) atoms. The summed E-state index contributed by atoms with van der Waals surface area (Å²) in [5.74, 6) is 0.895. The minimum atomic E-state index is -0.0451. The van der Waals surface area contributed by atoms with E-state index in [9.17, 15) is 10.4 Å². The van der Waals surface area contributed by atoms with E-state index >= 15 is 0 Å². The number of nitriles is 1. The van der Waals surface area contributed by atoms with Crippen molar-refractivity contribution in [2.45, 2.75) is 32.0 Å². The molecule has 0 amide bonds. The molecular weight excluding hydrogens is 252 g/mol. The lowest BCUT2D eigenvalue weighted by Gasteiger charge is -2.25. The highest BCUT2D eigenvalue weighted by molar-refractivity contribution is 5.61. The van der Waals surface area contributed by atoms with E-state index in [1.807, 2.05) is 24.3 Å². The van der Waals surface area contributed by atoms with E-state index < -0.39 is 0 Å². The van der Waals surface area contributed by atoms with Crippen LogP contribution < -0.4 is 4.90 Å². The molecule has 0 aliphatic heterocycles. The maximum absolute atomic E-state index is 9.33. The van der Waals surface area contributed by atoms with Crippen LogP contribution in [0.1, 0.15) is 29.7 Å². The molecule has 0 spiro atoms. The molecule has 0 bridgehead atoms. The molecule has 1 N–H and O–H groups in total. The Morgan fingerprint density at radius 1 is 1.35 bits per heavy atom. The third-order valence-corrected chi connectivity index (χ3v) is 3.57. The SMILES string of the molecule is N#Cc1cc(CO)ccc1N(Cc1ccco1)C1CC1. The zero-order valence-electron chi connectivity index (χ0n) is 11.1. The Morgan fingerprint density at radius 2 is 2.20 bits per heavy atom. The number of hydrogen-bond acceptors (Lipinski definition) is 4. The highest BCUT2D eigenvalue weighted by Crippen LogP contribution is 2.35. The van der Waals surface area contributed by atoms with Crippen molar-refractivity contribution in [2.75, 3.05) is 4.90 Å². The van der Waals surface area contributed by atoms with Gasteiger partial charge in [-0.1, -0.05) is 6.07 Å². The summed E-state index contributed by atoms with van der Waals surface area (Å²) in [6, 6.07) is 12.1. The Bertz CT molecular complexity index is 624. The molecule has 0 saturated heterocycles. The Kier molecular flexibility index (Phi) is 3.44. The van der Waals surface area contributed by atoms with E-state index in [0.717, 1.165) is 29.9 Å². The van der Waals surface area contributed by atoms with E-state index in [-0.39, 0.29) is 6.61 Å². The van der Waals surface area contributed by atoms with Gasteiger partial charge in [0.15, 0.2) is 0 Å². The fourth-order valence-electron chi connectivity index (χ4n) is 2.39. The van der Waals surface area contributed by atoms with Gasteiger partial charge >= 0.3 is 0 Å². The largest absolute Gasteiger partial charge is 0.467 e. The molecule has 102 valence electrons. The number of anilines is 1. The molecule has 1 aromatic carbocycles. The van der Waals surface area contributed by atoms with Crippen LogP contribution in [0.15, 0.2) is 41.0 Å². The molecule has 0 unspecified atom stereocenters. The first kappa shape index (κ1) is 12.8. The first-order valence-corrected chi connectivity index (χ1v) is 6.74. The van der Waals surface area contributed by atoms with Crippen molar-refractivity contribution in [3.63, 3.8) is 0 Å². The predicted molar refractivity (Wildman–Crippen MR) is 75.0 cm³/mol. The lowest BCUT2D eigenvalue weighted by molar-refractivity contribution is 0.282. The standard InChI is InChI=1S/C16H16N2O2/c17-9-13-8-12(11-19)3-6-16(13)18(14-4-5-14)10-15-2-1-7-20-15/h1-3,6-8,14,19H,4-5,10-11H2. The smallest absolute Gasteiger partial charge is 0.123 e. The number of aliphatic hydroxyl groups is 1. The van der Waals surface area contributed by atoms with Crippen LogP contribution in [-0.2, 0) is 13.2 Å². The zero-order chi connectivity index (χ0) is 13.9. The molecule has 1 heterocycles. The highest BCUT2D eigenvalue weighted by atomic mass is 16.3. The van der Waals surface area contributed by atoms with Crippen molar-refractivity contribution in [1.29, 1.82) is 5.26 Å². The Morgan fingerprint density at radius 3 is 2.80 bits per heavy atom. The number of furan rings is 1. The summed E-state index contributed by atoms with van der Waals surface area (Å²) in [5, 5.41) is 18.5. The molecular formula is C16H16N2O2. The summed E-state index contributed by atoms with van der Waals surface area (Å²) < 4.78 is 5.42. The van der Waals surface area contributed by atoms with Crippen molar-refractivity contribution in [3.8, 4) is 6.07 Å². The van der Waals surface area contributed by atoms with Gasteiger partial charge in [-0.05, 0) is 42.7 Å². The molecule has 1 aromatic heterocycles. The molecule has 1 aliphatic rings. The molecule has 1 fully saturated rings. The molecule has 2 aromatic rings. The van der Waals surface area contributed by atoms with Crippen LogP contribution in [0.5, 0.6) is 0 Å². The molecule has 1 saturated carbocycles. The van der Waals surface area contributed by atoms with Gasteiger partial charge in [0.1, 0.15) is 11.8 Å². The summed E-state index contributed by atoms with van der Waals surface area (Å²) in [6.07, 6.45) is 3.96. The number of nitrogens with zero attached hydrogens (tertiary/aromatic N) is 2. The number of aliphatic hydroxyl groups excluding tert-OH is 1. The Hall–Kier alpha value is -2.25. The quantitative estimate of drug-likeness (QED) is 0.905. The summed E-state index contributed by atoms with van der Waals surface area (Å²) in [5.41, 5.74) is 2.29. The number of benzene rings is 1. The fourth-order valence-corrected chi connectivity index (χ4v) is 2.39. The van der Waals surface area contributed by atoms with Crippen molar-refractivity contribution in [1.82, 2.24) is 0 Å². The van der Waals surface area contributed by atoms with Crippen molar-refractivity contribution < 1.29 is 9.52 Å². The van der Waals surface area contributed by atoms with Crippen molar-refractivity contribution >= 4 is 5.69 Å². The van der Waals surface area contributed by atoms with Gasteiger partial charge in [-0.3, -0.25) is 0 Å². The lowest BCUT2D eigenvalue weighted by Crippen LogP contribution is -2.25. The van der Waals surface area contributed by atoms with Gasteiger partial charge in [0.2, 0.25) is 0 Å². The predicted octanol–water partition coefficient (Wildman–Crippen LogP) is 2.81. The Labute approximate surface area is 117 Å². The zero-order valence-corrected chi connectivity index (χ0v) is 11.1. The molecule has 3 rings (SSSR count). The monoisotopic (exact) mass is 268 g/mol. The minimum Gasteiger partial charge on any atom is -0.467 e. The van der Waals surface area contributed by atoms with E-state index in [1.54, 1.807) is 12.3 Å². The maximum Gasteiger partial charge on any atom is 0.123 e. The van der Waals surface area contributed by atoms with E-state index in [4.69, 9.17) is 4.42 Å². The first-order valence-electron chi connectivity index (χ1n) is 6.74. The van der Waals surface area contributed by atoms with Crippen molar-refractivity contribution in [2.24, 2.45) is 0 Å². The van der Waals surface area contributed by atoms with E-state index in [0.29, 0.717) is 18.2 Å². The average molecular weight is 268 g/mol. The van der Waals surface area contributed by atoms with Crippen LogP contribution in [-0.4, -0.2) is 11.1 Å². The van der Waals surface area contributed by atoms with Gasteiger partial charge in [-0.2, -0.15) is 5.26 Å². The molecule has 4 nitrogen and oxygen atoms in total. The van der Waals surface area contributed by atoms with Crippen LogP contribution in [0.25, 0.3) is 0 Å². The lowest BCUT2D eigenvalue weighted by atomic mass is 10.1. The normalized spacial score (nSPS) is 14.0. The summed E-state index contributed by atoms with van der Waals surface area (Å²) in [6.45, 7) is 0.626. The van der Waals surface area contributed by atoms with Gasteiger partial charge in [-0.15, -0.1) is 0 Å². The summed E-state index contributed by atoms with van der Waals surface area (Å²) in [4.78, 5) is 2.22. The van der Waals surface area contributed by atoms with Gasteiger partial charge in [0, 0.05) is 6.04 Å². The topological polar surface area (TPSA) is 60.4 Å². The van der Waals surface area contributed by atoms with Crippen LogP contribution in [0.4, 0.5) is 5.69 Å². The van der Waals surface area contributed by atoms with Crippen LogP contribution in [0.3, 0.4) is 0 Å². The fraction of sp³-hybridized carbons (Fsp3) is 0.312. The molecule has 0 atom stereocenters. The summed E-state index contributed by atoms with van der Waals surface area (Å²) in [7, 11) is 0. The van der Waals surface area contributed by atoms with Gasteiger partial charge in [0.25, 0.3) is 0 Å². The molecule has 1 aliphatic carbocycles. The van der Waals surface area contributed by atoms with Crippen LogP contribution in [0, 0.1) is 11.3 Å². The second-order valence-corrected chi connectivity index (χ2v) is 5.06. The third kappa shape index (κ3) is 2.54. The molecule has 4 heteroatoms. The minimum absolute atomic E-state index is 0.0451. The number of rotatable bonds is 5. The maximum atomic E-state index is 9.33. The first-order chi connectivity index (χ1) is 9.81.